The van der Waals surface area contributed by atoms with Crippen LogP contribution in [0.2, 0.25) is 0 Å². The third-order valence-corrected chi connectivity index (χ3v) is 3.35. The van der Waals surface area contributed by atoms with E-state index in [4.69, 9.17) is 0 Å². The first-order chi connectivity index (χ1) is 10.7. The summed E-state index contributed by atoms with van der Waals surface area (Å²) < 4.78 is 27.0. The first-order valence-corrected chi connectivity index (χ1v) is 6.91. The molecular formula is C18H14F2N2. The average molecular weight is 296 g/mol. The van der Waals surface area contributed by atoms with Crippen molar-refractivity contribution in [1.29, 1.82) is 0 Å². The lowest BCUT2D eigenvalue weighted by molar-refractivity contribution is 0.584. The monoisotopic (exact) mass is 296 g/mol. The summed E-state index contributed by atoms with van der Waals surface area (Å²) in [5.74, 6) is -1.23. The molecule has 0 fully saturated rings. The van der Waals surface area contributed by atoms with E-state index in [0.717, 1.165) is 17.3 Å². The van der Waals surface area contributed by atoms with Crippen molar-refractivity contribution in [3.8, 4) is 0 Å². The number of hydrogen-bond donors (Lipinski definition) is 1. The van der Waals surface area contributed by atoms with Gasteiger partial charge in [0.15, 0.2) is 0 Å². The highest BCUT2D eigenvalue weighted by atomic mass is 19.1. The highest BCUT2D eigenvalue weighted by molar-refractivity contribution is 5.49. The predicted molar refractivity (Wildman–Crippen MR) is 82.5 cm³/mol. The first-order valence-electron chi connectivity index (χ1n) is 6.91. The van der Waals surface area contributed by atoms with Crippen LogP contribution in [0.15, 0.2) is 72.9 Å². The lowest BCUT2D eigenvalue weighted by Crippen LogP contribution is -2.14. The molecule has 0 saturated heterocycles. The highest BCUT2D eigenvalue weighted by Gasteiger charge is 2.16. The Morgan fingerprint density at radius 3 is 2.32 bits per heavy atom. The minimum atomic E-state index is -0.628. The summed E-state index contributed by atoms with van der Waals surface area (Å²) in [6, 6.07) is 18.3. The third kappa shape index (κ3) is 3.11. The molecule has 0 aliphatic rings. The molecule has 1 heterocycles. The highest BCUT2D eigenvalue weighted by Crippen LogP contribution is 2.26. The fraction of sp³-hybridized carbons (Fsp3) is 0.0556. The van der Waals surface area contributed by atoms with Crippen molar-refractivity contribution in [3.63, 3.8) is 0 Å². The first kappa shape index (κ1) is 14.2. The molecule has 2 nitrogen and oxygen atoms in total. The number of nitrogens with one attached hydrogen (secondary N) is 1. The molecule has 0 aliphatic carbocycles. The number of rotatable bonds is 4. The van der Waals surface area contributed by atoms with Crippen molar-refractivity contribution in [2.75, 3.05) is 5.32 Å². The van der Waals surface area contributed by atoms with E-state index in [1.165, 1.54) is 12.1 Å². The van der Waals surface area contributed by atoms with E-state index >= 15 is 0 Å². The predicted octanol–water partition coefficient (Wildman–Crippen LogP) is 4.56. The van der Waals surface area contributed by atoms with Crippen molar-refractivity contribution < 1.29 is 8.78 Å². The second kappa shape index (κ2) is 6.35. The minimum Gasteiger partial charge on any atom is -0.370 e. The molecule has 1 N–H and O–H groups in total. The Labute approximate surface area is 127 Å². The van der Waals surface area contributed by atoms with Gasteiger partial charge in [0.25, 0.3) is 0 Å². The molecule has 3 rings (SSSR count). The topological polar surface area (TPSA) is 24.9 Å². The Morgan fingerprint density at radius 2 is 1.64 bits per heavy atom. The SMILES string of the molecule is Fc1ccc(NC(c2ccccc2)c2ccccn2)c(F)c1. The van der Waals surface area contributed by atoms with Crippen molar-refractivity contribution in [3.05, 3.63) is 95.8 Å². The lowest BCUT2D eigenvalue weighted by Gasteiger charge is -2.20. The molecule has 1 aromatic heterocycles. The molecule has 0 radical (unpaired) electrons. The van der Waals surface area contributed by atoms with E-state index in [1.54, 1.807) is 6.20 Å². The van der Waals surface area contributed by atoms with Crippen LogP contribution in [0, 0.1) is 11.6 Å². The summed E-state index contributed by atoms with van der Waals surface area (Å²) in [7, 11) is 0. The van der Waals surface area contributed by atoms with Crippen LogP contribution in [0.1, 0.15) is 17.3 Å². The molecule has 22 heavy (non-hydrogen) atoms. The van der Waals surface area contributed by atoms with Crippen LogP contribution >= 0.6 is 0 Å². The number of hydrogen-bond acceptors (Lipinski definition) is 2. The van der Waals surface area contributed by atoms with Crippen LogP contribution in [0.3, 0.4) is 0 Å². The Balaban J connectivity index is 1.99. The summed E-state index contributed by atoms with van der Waals surface area (Å²) >= 11 is 0. The molecule has 3 aromatic rings. The van der Waals surface area contributed by atoms with Crippen LogP contribution in [0.25, 0.3) is 0 Å². The van der Waals surface area contributed by atoms with E-state index in [-0.39, 0.29) is 11.7 Å². The normalized spacial score (nSPS) is 11.9. The van der Waals surface area contributed by atoms with Gasteiger partial charge in [-0.1, -0.05) is 36.4 Å². The average Bonchev–Trinajstić information content (AvgIpc) is 2.56. The van der Waals surface area contributed by atoms with Crippen LogP contribution in [-0.4, -0.2) is 4.98 Å². The van der Waals surface area contributed by atoms with Gasteiger partial charge in [-0.25, -0.2) is 8.78 Å². The fourth-order valence-corrected chi connectivity index (χ4v) is 2.28. The van der Waals surface area contributed by atoms with Gasteiger partial charge in [-0.15, -0.1) is 0 Å². The van der Waals surface area contributed by atoms with E-state index < -0.39 is 11.6 Å². The van der Waals surface area contributed by atoms with Crippen molar-refractivity contribution >= 4 is 5.69 Å². The van der Waals surface area contributed by atoms with Gasteiger partial charge in [0, 0.05) is 12.3 Å². The third-order valence-electron chi connectivity index (χ3n) is 3.35. The zero-order valence-electron chi connectivity index (χ0n) is 11.7. The number of halogens is 2. The summed E-state index contributed by atoms with van der Waals surface area (Å²) in [5, 5.41) is 3.10. The molecule has 2 aromatic carbocycles. The van der Waals surface area contributed by atoms with Crippen molar-refractivity contribution in [2.45, 2.75) is 6.04 Å². The molecule has 0 saturated carbocycles. The number of aromatic nitrogens is 1. The van der Waals surface area contributed by atoms with Crippen molar-refractivity contribution in [1.82, 2.24) is 4.98 Å². The molecule has 0 aliphatic heterocycles. The van der Waals surface area contributed by atoms with Gasteiger partial charge in [-0.3, -0.25) is 4.98 Å². The van der Waals surface area contributed by atoms with E-state index in [1.807, 2.05) is 48.5 Å². The summed E-state index contributed by atoms with van der Waals surface area (Å²) in [6.07, 6.45) is 1.69. The van der Waals surface area contributed by atoms with Gasteiger partial charge < -0.3 is 5.32 Å². The second-order valence-corrected chi connectivity index (χ2v) is 4.87. The van der Waals surface area contributed by atoms with Gasteiger partial charge in [0.05, 0.1) is 17.4 Å². The van der Waals surface area contributed by atoms with E-state index in [2.05, 4.69) is 10.3 Å². The van der Waals surface area contributed by atoms with Crippen LogP contribution in [-0.2, 0) is 0 Å². The molecule has 110 valence electrons. The van der Waals surface area contributed by atoms with Gasteiger partial charge in [0.1, 0.15) is 11.6 Å². The standard InChI is InChI=1S/C18H14F2N2/c19-14-9-10-16(15(20)12-14)22-18(13-6-2-1-3-7-13)17-8-4-5-11-21-17/h1-12,18,22H. The van der Waals surface area contributed by atoms with Crippen LogP contribution in [0.5, 0.6) is 0 Å². The zero-order valence-corrected chi connectivity index (χ0v) is 11.7. The van der Waals surface area contributed by atoms with Gasteiger partial charge in [-0.05, 0) is 29.8 Å². The zero-order chi connectivity index (χ0) is 15.4. The maximum atomic E-state index is 13.9. The Morgan fingerprint density at radius 1 is 0.864 bits per heavy atom. The lowest BCUT2D eigenvalue weighted by atomic mass is 10.0. The molecule has 0 spiro atoms. The molecule has 0 amide bonds. The second-order valence-electron chi connectivity index (χ2n) is 4.87. The maximum Gasteiger partial charge on any atom is 0.149 e. The van der Waals surface area contributed by atoms with E-state index in [0.29, 0.717) is 0 Å². The van der Waals surface area contributed by atoms with Gasteiger partial charge >= 0.3 is 0 Å². The van der Waals surface area contributed by atoms with Crippen LogP contribution < -0.4 is 5.32 Å². The Hall–Kier alpha value is -2.75. The summed E-state index contributed by atoms with van der Waals surface area (Å²) in [4.78, 5) is 4.34. The summed E-state index contributed by atoms with van der Waals surface area (Å²) in [5.41, 5.74) is 1.95. The molecule has 1 atom stereocenters. The number of anilines is 1. The largest absolute Gasteiger partial charge is 0.370 e. The fourth-order valence-electron chi connectivity index (χ4n) is 2.28. The van der Waals surface area contributed by atoms with Gasteiger partial charge in [-0.2, -0.15) is 0 Å². The summed E-state index contributed by atoms with van der Waals surface area (Å²) in [6.45, 7) is 0. The van der Waals surface area contributed by atoms with Crippen LogP contribution in [0.4, 0.5) is 14.5 Å². The minimum absolute atomic E-state index is 0.237. The maximum absolute atomic E-state index is 13.9. The molecule has 1 unspecified atom stereocenters. The Kier molecular flexibility index (Phi) is 4.10. The number of benzene rings is 2. The molecule has 0 bridgehead atoms. The smallest absolute Gasteiger partial charge is 0.149 e. The van der Waals surface area contributed by atoms with E-state index in [9.17, 15) is 8.78 Å². The molecule has 4 heteroatoms. The van der Waals surface area contributed by atoms with Crippen molar-refractivity contribution in [2.24, 2.45) is 0 Å². The number of nitrogens with zero attached hydrogens (tertiary/aromatic N) is 1. The van der Waals surface area contributed by atoms with Gasteiger partial charge in [0.2, 0.25) is 0 Å². The Bertz CT molecular complexity index is 706. The quantitative estimate of drug-likeness (QED) is 0.763. The molecular weight excluding hydrogens is 282 g/mol. The number of pyridine rings is 1.